The molecule has 0 spiro atoms. The van der Waals surface area contributed by atoms with Crippen molar-refractivity contribution in [1.29, 1.82) is 0 Å². The highest BCUT2D eigenvalue weighted by atomic mass is 16.5. The van der Waals surface area contributed by atoms with Crippen LogP contribution >= 0.6 is 0 Å². The molecule has 92 valence electrons. The molecule has 0 amide bonds. The summed E-state index contributed by atoms with van der Waals surface area (Å²) in [5, 5.41) is 3.20. The van der Waals surface area contributed by atoms with Crippen LogP contribution in [0.5, 0.6) is 0 Å². The normalized spacial score (nSPS) is 21.8. The molecule has 0 bridgehead atoms. The van der Waals surface area contributed by atoms with E-state index in [2.05, 4.69) is 5.32 Å². The first-order valence-corrected chi connectivity index (χ1v) is 6.26. The third-order valence-corrected chi connectivity index (χ3v) is 3.16. The minimum atomic E-state index is -0.174. The number of hydrogen-bond donors (Lipinski definition) is 1. The number of hydrogen-bond acceptors (Lipinski definition) is 3. The number of rotatable bonds is 3. The first-order valence-electron chi connectivity index (χ1n) is 6.26. The highest BCUT2D eigenvalue weighted by molar-refractivity contribution is 5.76. The standard InChI is InChI=1S/C14H19NO2/c1-11(12-7-3-2-4-8-12)17-14(16)13-9-5-6-10-15-13/h2-4,7-8,11,13,15H,5-6,9-10H2,1H3/t11?,13-/m1/s1. The Morgan fingerprint density at radius 2 is 2.12 bits per heavy atom. The lowest BCUT2D eigenvalue weighted by Gasteiger charge is -2.23. The molecule has 2 atom stereocenters. The van der Waals surface area contributed by atoms with E-state index in [1.165, 1.54) is 0 Å². The topological polar surface area (TPSA) is 38.3 Å². The van der Waals surface area contributed by atoms with Crippen molar-refractivity contribution in [2.45, 2.75) is 38.3 Å². The predicted molar refractivity (Wildman–Crippen MR) is 66.6 cm³/mol. The maximum atomic E-state index is 11.9. The Hall–Kier alpha value is -1.35. The Balaban J connectivity index is 1.89. The summed E-state index contributed by atoms with van der Waals surface area (Å²) in [5.74, 6) is -0.124. The van der Waals surface area contributed by atoms with E-state index in [0.717, 1.165) is 31.4 Å². The molecule has 0 saturated carbocycles. The van der Waals surface area contributed by atoms with Gasteiger partial charge in [0.05, 0.1) is 0 Å². The highest BCUT2D eigenvalue weighted by Gasteiger charge is 2.23. The summed E-state index contributed by atoms with van der Waals surface area (Å²) in [4.78, 5) is 11.9. The molecule has 1 heterocycles. The van der Waals surface area contributed by atoms with Gasteiger partial charge in [-0.3, -0.25) is 4.79 Å². The van der Waals surface area contributed by atoms with Crippen molar-refractivity contribution in [3.63, 3.8) is 0 Å². The van der Waals surface area contributed by atoms with Crippen molar-refractivity contribution < 1.29 is 9.53 Å². The van der Waals surface area contributed by atoms with Crippen LogP contribution in [0.25, 0.3) is 0 Å². The molecule has 1 unspecified atom stereocenters. The van der Waals surface area contributed by atoms with E-state index in [4.69, 9.17) is 4.74 Å². The van der Waals surface area contributed by atoms with E-state index in [1.807, 2.05) is 37.3 Å². The minimum Gasteiger partial charge on any atom is -0.457 e. The van der Waals surface area contributed by atoms with Crippen molar-refractivity contribution in [3.8, 4) is 0 Å². The number of carbonyl (C=O) groups is 1. The molecule has 1 saturated heterocycles. The van der Waals surface area contributed by atoms with Gasteiger partial charge in [0.1, 0.15) is 12.1 Å². The summed E-state index contributed by atoms with van der Waals surface area (Å²) in [6, 6.07) is 9.71. The molecule has 2 rings (SSSR count). The van der Waals surface area contributed by atoms with Gasteiger partial charge >= 0.3 is 5.97 Å². The third-order valence-electron chi connectivity index (χ3n) is 3.16. The lowest BCUT2D eigenvalue weighted by atomic mass is 10.1. The van der Waals surface area contributed by atoms with Gasteiger partial charge in [0.2, 0.25) is 0 Å². The lowest BCUT2D eigenvalue weighted by molar-refractivity contribution is -0.151. The van der Waals surface area contributed by atoms with Crippen LogP contribution in [-0.4, -0.2) is 18.6 Å². The van der Waals surface area contributed by atoms with Crippen LogP contribution < -0.4 is 5.32 Å². The average Bonchev–Trinajstić information content (AvgIpc) is 2.40. The fourth-order valence-electron chi connectivity index (χ4n) is 2.10. The van der Waals surface area contributed by atoms with Crippen molar-refractivity contribution in [3.05, 3.63) is 35.9 Å². The van der Waals surface area contributed by atoms with Gasteiger partial charge in [-0.15, -0.1) is 0 Å². The minimum absolute atomic E-state index is 0.116. The molecule has 0 aliphatic carbocycles. The van der Waals surface area contributed by atoms with E-state index in [1.54, 1.807) is 0 Å². The van der Waals surface area contributed by atoms with Gasteiger partial charge in [0, 0.05) is 0 Å². The number of ether oxygens (including phenoxy) is 1. The molecule has 1 aromatic rings. The van der Waals surface area contributed by atoms with E-state index in [-0.39, 0.29) is 18.1 Å². The van der Waals surface area contributed by atoms with Crippen LogP contribution in [0, 0.1) is 0 Å². The largest absolute Gasteiger partial charge is 0.457 e. The lowest BCUT2D eigenvalue weighted by Crippen LogP contribution is -2.41. The van der Waals surface area contributed by atoms with Crippen molar-refractivity contribution >= 4 is 5.97 Å². The fraction of sp³-hybridized carbons (Fsp3) is 0.500. The molecule has 0 aromatic heterocycles. The molecule has 17 heavy (non-hydrogen) atoms. The van der Waals surface area contributed by atoms with Gasteiger partial charge in [0.25, 0.3) is 0 Å². The van der Waals surface area contributed by atoms with Crippen LogP contribution in [0.3, 0.4) is 0 Å². The third kappa shape index (κ3) is 3.30. The number of carbonyl (C=O) groups excluding carboxylic acids is 1. The number of nitrogens with one attached hydrogen (secondary N) is 1. The zero-order valence-corrected chi connectivity index (χ0v) is 10.2. The van der Waals surface area contributed by atoms with Crippen LogP contribution in [0.1, 0.15) is 37.9 Å². The Bertz CT molecular complexity index is 358. The maximum Gasteiger partial charge on any atom is 0.323 e. The first kappa shape index (κ1) is 12.1. The second-order valence-electron chi connectivity index (χ2n) is 4.49. The van der Waals surface area contributed by atoms with Crippen LogP contribution in [-0.2, 0) is 9.53 Å². The number of benzene rings is 1. The molecule has 0 radical (unpaired) electrons. The summed E-state index contributed by atoms with van der Waals surface area (Å²) in [7, 11) is 0. The zero-order valence-electron chi connectivity index (χ0n) is 10.2. The predicted octanol–water partition coefficient (Wildman–Crippen LogP) is 2.43. The molecular formula is C14H19NO2. The van der Waals surface area contributed by atoms with E-state index in [9.17, 15) is 4.79 Å². The summed E-state index contributed by atoms with van der Waals surface area (Å²) < 4.78 is 5.47. The Morgan fingerprint density at radius 3 is 2.76 bits per heavy atom. The van der Waals surface area contributed by atoms with E-state index < -0.39 is 0 Å². The van der Waals surface area contributed by atoms with Gasteiger partial charge in [-0.05, 0) is 31.9 Å². The Morgan fingerprint density at radius 1 is 1.35 bits per heavy atom. The Kier molecular flexibility index (Phi) is 4.15. The van der Waals surface area contributed by atoms with Gasteiger partial charge < -0.3 is 10.1 Å². The van der Waals surface area contributed by atoms with Gasteiger partial charge in [-0.25, -0.2) is 0 Å². The number of piperidine rings is 1. The van der Waals surface area contributed by atoms with Crippen molar-refractivity contribution in [2.24, 2.45) is 0 Å². The highest BCUT2D eigenvalue weighted by Crippen LogP contribution is 2.18. The smallest absolute Gasteiger partial charge is 0.323 e. The maximum absolute atomic E-state index is 11.9. The average molecular weight is 233 g/mol. The summed E-state index contributed by atoms with van der Waals surface area (Å²) in [6.45, 7) is 2.83. The van der Waals surface area contributed by atoms with Crippen molar-refractivity contribution in [1.82, 2.24) is 5.32 Å². The molecule has 1 N–H and O–H groups in total. The number of esters is 1. The molecule has 1 aliphatic rings. The van der Waals surface area contributed by atoms with E-state index >= 15 is 0 Å². The van der Waals surface area contributed by atoms with Gasteiger partial charge in [-0.2, -0.15) is 0 Å². The molecule has 1 aliphatic heterocycles. The quantitative estimate of drug-likeness (QED) is 0.815. The van der Waals surface area contributed by atoms with Gasteiger partial charge in [0.15, 0.2) is 0 Å². The summed E-state index contributed by atoms with van der Waals surface area (Å²) in [5.41, 5.74) is 1.04. The monoisotopic (exact) mass is 233 g/mol. The molecule has 3 heteroatoms. The zero-order chi connectivity index (χ0) is 12.1. The second-order valence-corrected chi connectivity index (χ2v) is 4.49. The van der Waals surface area contributed by atoms with Crippen molar-refractivity contribution in [2.75, 3.05) is 6.54 Å². The first-order chi connectivity index (χ1) is 8.27. The molecule has 1 fully saturated rings. The van der Waals surface area contributed by atoms with Crippen LogP contribution in [0.15, 0.2) is 30.3 Å². The SMILES string of the molecule is CC(OC(=O)[C@H]1CCCCN1)c1ccccc1. The summed E-state index contributed by atoms with van der Waals surface area (Å²) >= 11 is 0. The van der Waals surface area contributed by atoms with Crippen LogP contribution in [0.2, 0.25) is 0 Å². The second kappa shape index (κ2) is 5.82. The Labute approximate surface area is 102 Å². The molecule has 3 nitrogen and oxygen atoms in total. The van der Waals surface area contributed by atoms with Crippen LogP contribution in [0.4, 0.5) is 0 Å². The summed E-state index contributed by atoms with van der Waals surface area (Å²) in [6.07, 6.45) is 2.97. The van der Waals surface area contributed by atoms with Gasteiger partial charge in [-0.1, -0.05) is 36.8 Å². The fourth-order valence-corrected chi connectivity index (χ4v) is 2.10. The van der Waals surface area contributed by atoms with E-state index in [0.29, 0.717) is 0 Å². The molecular weight excluding hydrogens is 214 g/mol. The molecule has 1 aromatic carbocycles.